The lowest BCUT2D eigenvalue weighted by Gasteiger charge is -2.30. The molecule has 0 radical (unpaired) electrons. The monoisotopic (exact) mass is 346 g/mol. The highest BCUT2D eigenvalue weighted by Crippen LogP contribution is 2.12. The minimum atomic E-state index is -1.80. The Bertz CT molecular complexity index is 711. The van der Waals surface area contributed by atoms with Crippen molar-refractivity contribution >= 4 is 23.4 Å². The van der Waals surface area contributed by atoms with Crippen LogP contribution in [-0.2, 0) is 21.0 Å². The Balaban J connectivity index is 2.96. The fourth-order valence-corrected chi connectivity index (χ4v) is 1.81. The third-order valence-corrected chi connectivity index (χ3v) is 3.07. The molecule has 0 saturated heterocycles. The fourth-order valence-electron chi connectivity index (χ4n) is 1.81. The van der Waals surface area contributed by atoms with E-state index >= 15 is 0 Å². The molecule has 0 heterocycles. The largest absolute Gasteiger partial charge is 0.392 e. The molecule has 0 bridgehead atoms. The molecule has 10 nitrogen and oxygen atoms in total. The van der Waals surface area contributed by atoms with Crippen molar-refractivity contribution < 1.29 is 19.5 Å². The van der Waals surface area contributed by atoms with Gasteiger partial charge in [-0.2, -0.15) is 0 Å². The van der Waals surface area contributed by atoms with Crippen LogP contribution in [0.1, 0.15) is 12.5 Å². The molecule has 1 aromatic rings. The number of carbonyl (C=O) groups is 3. The summed E-state index contributed by atoms with van der Waals surface area (Å²) in [7, 11) is 0. The van der Waals surface area contributed by atoms with Gasteiger partial charge in [0, 0.05) is 10.6 Å². The van der Waals surface area contributed by atoms with E-state index in [1.807, 2.05) is 0 Å². The van der Waals surface area contributed by atoms with E-state index < -0.39 is 29.9 Å². The number of aliphatic hydroxyl groups is 1. The van der Waals surface area contributed by atoms with Crippen molar-refractivity contribution in [2.24, 2.45) is 5.11 Å². The number of aliphatic hydroxyl groups excluding tert-OH is 1. The fraction of sp³-hybridized carbons (Fsp3) is 0.267. The quantitative estimate of drug-likeness (QED) is 0.178. The van der Waals surface area contributed by atoms with Crippen LogP contribution < -0.4 is 16.0 Å². The molecule has 0 aliphatic carbocycles. The summed E-state index contributed by atoms with van der Waals surface area (Å²) in [5.74, 6) is -2.17. The first-order valence-corrected chi connectivity index (χ1v) is 7.12. The first-order chi connectivity index (χ1) is 11.8. The van der Waals surface area contributed by atoms with Crippen molar-refractivity contribution in [1.82, 2.24) is 10.6 Å². The zero-order valence-corrected chi connectivity index (χ0v) is 13.5. The lowest BCUT2D eigenvalue weighted by molar-refractivity contribution is -0.133. The Morgan fingerprint density at radius 3 is 2.48 bits per heavy atom. The Morgan fingerprint density at radius 1 is 1.32 bits per heavy atom. The summed E-state index contributed by atoms with van der Waals surface area (Å²) < 4.78 is 0. The van der Waals surface area contributed by atoms with Gasteiger partial charge in [-0.1, -0.05) is 23.8 Å². The van der Waals surface area contributed by atoms with E-state index in [9.17, 15) is 14.4 Å². The number of nitrogens with one attached hydrogen (secondary N) is 3. The molecule has 0 aliphatic rings. The number of nitrogens with zero attached hydrogens (tertiary/aromatic N) is 3. The molecule has 0 unspecified atom stereocenters. The molecule has 25 heavy (non-hydrogen) atoms. The highest BCUT2D eigenvalue weighted by atomic mass is 16.3. The molecule has 10 heteroatoms. The number of rotatable bonds is 8. The van der Waals surface area contributed by atoms with E-state index in [2.05, 4.69) is 32.6 Å². The molecule has 0 aromatic heterocycles. The number of anilines is 1. The minimum absolute atomic E-state index is 0.142. The van der Waals surface area contributed by atoms with Gasteiger partial charge in [0.1, 0.15) is 6.54 Å². The van der Waals surface area contributed by atoms with Gasteiger partial charge >= 0.3 is 0 Å². The third kappa shape index (κ3) is 5.98. The maximum atomic E-state index is 12.5. The number of amides is 3. The highest BCUT2D eigenvalue weighted by Gasteiger charge is 2.36. The van der Waals surface area contributed by atoms with Crippen LogP contribution in [0.25, 0.3) is 10.4 Å². The number of carbonyl (C=O) groups excluding carboxylic acids is 3. The maximum absolute atomic E-state index is 12.5. The van der Waals surface area contributed by atoms with Crippen molar-refractivity contribution in [3.05, 3.63) is 52.9 Å². The van der Waals surface area contributed by atoms with E-state index in [1.54, 1.807) is 24.3 Å². The summed E-state index contributed by atoms with van der Waals surface area (Å²) in [6, 6.07) is 6.33. The van der Waals surface area contributed by atoms with Crippen molar-refractivity contribution in [3.63, 3.8) is 0 Å². The van der Waals surface area contributed by atoms with Gasteiger partial charge in [-0.15, -0.1) is 0 Å². The molecule has 3 amide bonds. The first kappa shape index (κ1) is 19.7. The van der Waals surface area contributed by atoms with Crippen molar-refractivity contribution in [3.8, 4) is 0 Å². The topological polar surface area (TPSA) is 156 Å². The smallest absolute Gasteiger partial charge is 0.270 e. The van der Waals surface area contributed by atoms with Gasteiger partial charge in [-0.3, -0.25) is 14.4 Å². The molecule has 0 aliphatic heterocycles. The summed E-state index contributed by atoms with van der Waals surface area (Å²) in [4.78, 5) is 38.3. The van der Waals surface area contributed by atoms with Gasteiger partial charge in [0.15, 0.2) is 5.66 Å². The Hall–Kier alpha value is -3.36. The van der Waals surface area contributed by atoms with Gasteiger partial charge < -0.3 is 21.1 Å². The van der Waals surface area contributed by atoms with Gasteiger partial charge in [0.05, 0.1) is 6.61 Å². The van der Waals surface area contributed by atoms with E-state index in [4.69, 9.17) is 10.6 Å². The second-order valence-corrected chi connectivity index (χ2v) is 5.06. The molecule has 1 rings (SSSR count). The number of azide groups is 1. The maximum Gasteiger partial charge on any atom is 0.270 e. The van der Waals surface area contributed by atoms with Crippen LogP contribution >= 0.6 is 0 Å². The van der Waals surface area contributed by atoms with Gasteiger partial charge in [0.2, 0.25) is 11.8 Å². The Labute approximate surface area is 143 Å². The van der Waals surface area contributed by atoms with Crippen molar-refractivity contribution in [1.29, 1.82) is 0 Å². The normalized spacial score (nSPS) is 12.1. The Morgan fingerprint density at radius 2 is 1.96 bits per heavy atom. The zero-order chi connectivity index (χ0) is 18.9. The van der Waals surface area contributed by atoms with Gasteiger partial charge in [-0.25, -0.2) is 0 Å². The number of benzene rings is 1. The predicted octanol–water partition coefficient (Wildman–Crippen LogP) is 0.562. The van der Waals surface area contributed by atoms with Gasteiger partial charge in [0.25, 0.3) is 5.91 Å². The van der Waals surface area contributed by atoms with Crippen LogP contribution in [0, 0.1) is 0 Å². The van der Waals surface area contributed by atoms with Crippen LogP contribution in [0.4, 0.5) is 5.69 Å². The summed E-state index contributed by atoms with van der Waals surface area (Å²) in [6.07, 6.45) is 0.946. The Kier molecular flexibility index (Phi) is 7.14. The standard InChI is InChI=1S/C15H18N6O4/c1-3-12(23)19-15(2,20-13(24)8-17-21-16)14(25)18-11-6-4-10(9-22)5-7-11/h3-7,22H,1,8-9H2,2H3,(H,18,25)(H,19,23)(H,20,24)/t15-/m0/s1. The number of hydrogen-bond donors (Lipinski definition) is 4. The summed E-state index contributed by atoms with van der Waals surface area (Å²) in [6.45, 7) is 3.89. The van der Waals surface area contributed by atoms with Crippen molar-refractivity contribution in [2.45, 2.75) is 19.2 Å². The minimum Gasteiger partial charge on any atom is -0.392 e. The van der Waals surface area contributed by atoms with E-state index in [0.29, 0.717) is 11.3 Å². The molecule has 1 atom stereocenters. The molecule has 132 valence electrons. The van der Waals surface area contributed by atoms with Crippen LogP contribution in [0.15, 0.2) is 42.0 Å². The number of hydrogen-bond acceptors (Lipinski definition) is 5. The third-order valence-electron chi connectivity index (χ3n) is 3.07. The second-order valence-electron chi connectivity index (χ2n) is 5.06. The molecular formula is C15H18N6O4. The SMILES string of the molecule is C=CC(=O)N[C@@](C)(NC(=O)CN=[N+]=[N-])C(=O)Nc1ccc(CO)cc1. The first-order valence-electron chi connectivity index (χ1n) is 7.12. The van der Waals surface area contributed by atoms with Crippen LogP contribution in [0.3, 0.4) is 0 Å². The predicted molar refractivity (Wildman–Crippen MR) is 89.9 cm³/mol. The van der Waals surface area contributed by atoms with Crippen LogP contribution in [-0.4, -0.2) is 35.0 Å². The molecular weight excluding hydrogens is 328 g/mol. The summed E-state index contributed by atoms with van der Waals surface area (Å²) in [5, 5.41) is 19.3. The van der Waals surface area contributed by atoms with E-state index in [1.165, 1.54) is 6.92 Å². The zero-order valence-electron chi connectivity index (χ0n) is 13.5. The molecule has 1 aromatic carbocycles. The van der Waals surface area contributed by atoms with Crippen LogP contribution in [0.5, 0.6) is 0 Å². The van der Waals surface area contributed by atoms with Crippen molar-refractivity contribution in [2.75, 3.05) is 11.9 Å². The molecule has 0 spiro atoms. The lowest BCUT2D eigenvalue weighted by atomic mass is 10.1. The van der Waals surface area contributed by atoms with Gasteiger partial charge in [-0.05, 0) is 36.2 Å². The van der Waals surface area contributed by atoms with E-state index in [-0.39, 0.29) is 6.61 Å². The average Bonchev–Trinajstić information content (AvgIpc) is 2.60. The highest BCUT2D eigenvalue weighted by molar-refractivity contribution is 6.03. The molecule has 4 N–H and O–H groups in total. The summed E-state index contributed by atoms with van der Waals surface area (Å²) >= 11 is 0. The second kappa shape index (κ2) is 9.06. The lowest BCUT2D eigenvalue weighted by Crippen LogP contribution is -2.65. The molecule has 0 saturated carbocycles. The average molecular weight is 346 g/mol. The van der Waals surface area contributed by atoms with Crippen LogP contribution in [0.2, 0.25) is 0 Å². The summed E-state index contributed by atoms with van der Waals surface area (Å²) in [5.41, 5.74) is 7.49. The molecule has 0 fully saturated rings. The van der Waals surface area contributed by atoms with E-state index in [0.717, 1.165) is 6.08 Å².